The Morgan fingerprint density at radius 3 is 3.05 bits per heavy atom. The summed E-state index contributed by atoms with van der Waals surface area (Å²) in [6.07, 6.45) is 4.12. The van der Waals surface area contributed by atoms with Crippen LogP contribution in [0.5, 0.6) is 0 Å². The number of fused-ring (bicyclic) bond motifs is 1. The molecule has 1 aromatic carbocycles. The summed E-state index contributed by atoms with van der Waals surface area (Å²) in [6, 6.07) is 5.80. The molecule has 0 bridgehead atoms. The van der Waals surface area contributed by atoms with Gasteiger partial charge in [-0.05, 0) is 55.4 Å². The van der Waals surface area contributed by atoms with Crippen molar-refractivity contribution in [2.24, 2.45) is 5.92 Å². The molecule has 1 saturated heterocycles. The molecule has 0 radical (unpaired) electrons. The number of esters is 1. The lowest BCUT2D eigenvalue weighted by atomic mass is 10.0. The van der Waals surface area contributed by atoms with Gasteiger partial charge in [0.15, 0.2) is 0 Å². The standard InChI is InChI=1S/C16H21NO3/c18-16(20-11-12-5-8-19-9-6-12)14-3-4-15-13(10-14)2-1-7-17-15/h3-4,10,12,17H,1-2,5-9,11H2. The van der Waals surface area contributed by atoms with Gasteiger partial charge in [-0.15, -0.1) is 0 Å². The van der Waals surface area contributed by atoms with Crippen molar-refractivity contribution in [3.05, 3.63) is 29.3 Å². The van der Waals surface area contributed by atoms with Gasteiger partial charge in [-0.2, -0.15) is 0 Å². The number of rotatable bonds is 3. The second-order valence-corrected chi connectivity index (χ2v) is 5.56. The lowest BCUT2D eigenvalue weighted by Gasteiger charge is -2.22. The van der Waals surface area contributed by atoms with E-state index in [0.29, 0.717) is 18.1 Å². The zero-order chi connectivity index (χ0) is 13.8. The molecule has 1 fully saturated rings. The van der Waals surface area contributed by atoms with Crippen LogP contribution in [0.2, 0.25) is 0 Å². The Morgan fingerprint density at radius 2 is 2.20 bits per heavy atom. The summed E-state index contributed by atoms with van der Waals surface area (Å²) in [7, 11) is 0. The zero-order valence-corrected chi connectivity index (χ0v) is 11.7. The molecule has 1 aromatic rings. The Morgan fingerprint density at radius 1 is 1.35 bits per heavy atom. The lowest BCUT2D eigenvalue weighted by Crippen LogP contribution is -2.22. The monoisotopic (exact) mass is 275 g/mol. The Bertz CT molecular complexity index is 481. The van der Waals surface area contributed by atoms with Crippen LogP contribution in [-0.2, 0) is 15.9 Å². The molecular weight excluding hydrogens is 254 g/mol. The van der Waals surface area contributed by atoms with E-state index in [-0.39, 0.29) is 5.97 Å². The van der Waals surface area contributed by atoms with Crippen LogP contribution < -0.4 is 5.32 Å². The van der Waals surface area contributed by atoms with Gasteiger partial charge >= 0.3 is 5.97 Å². The normalized spacial score (nSPS) is 19.0. The van der Waals surface area contributed by atoms with Gasteiger partial charge in [-0.1, -0.05) is 0 Å². The molecule has 0 atom stereocenters. The summed E-state index contributed by atoms with van der Waals surface area (Å²) < 4.78 is 10.7. The maximum absolute atomic E-state index is 12.1. The van der Waals surface area contributed by atoms with E-state index in [1.807, 2.05) is 18.2 Å². The van der Waals surface area contributed by atoms with Gasteiger partial charge in [0.25, 0.3) is 0 Å². The first kappa shape index (κ1) is 13.4. The first-order valence-corrected chi connectivity index (χ1v) is 7.44. The Labute approximate surface area is 119 Å². The number of carbonyl (C=O) groups excluding carboxylic acids is 1. The summed E-state index contributed by atoms with van der Waals surface area (Å²) in [5.41, 5.74) is 3.04. The molecule has 20 heavy (non-hydrogen) atoms. The van der Waals surface area contributed by atoms with Crippen LogP contribution in [0.4, 0.5) is 5.69 Å². The van der Waals surface area contributed by atoms with E-state index in [0.717, 1.165) is 51.1 Å². The van der Waals surface area contributed by atoms with E-state index < -0.39 is 0 Å². The fourth-order valence-corrected chi connectivity index (χ4v) is 2.79. The molecule has 4 heteroatoms. The number of anilines is 1. The molecule has 4 nitrogen and oxygen atoms in total. The number of hydrogen-bond acceptors (Lipinski definition) is 4. The highest BCUT2D eigenvalue weighted by Gasteiger charge is 2.18. The van der Waals surface area contributed by atoms with Crippen molar-refractivity contribution in [2.75, 3.05) is 31.7 Å². The van der Waals surface area contributed by atoms with Gasteiger partial charge in [0.2, 0.25) is 0 Å². The van der Waals surface area contributed by atoms with E-state index in [4.69, 9.17) is 9.47 Å². The van der Waals surface area contributed by atoms with E-state index >= 15 is 0 Å². The van der Waals surface area contributed by atoms with E-state index in [1.165, 1.54) is 5.56 Å². The predicted octanol–water partition coefficient (Wildman–Crippen LogP) is 2.63. The molecule has 0 aromatic heterocycles. The third-order valence-corrected chi connectivity index (χ3v) is 4.07. The maximum Gasteiger partial charge on any atom is 0.338 e. The van der Waals surface area contributed by atoms with Crippen LogP contribution in [0.3, 0.4) is 0 Å². The van der Waals surface area contributed by atoms with Gasteiger partial charge in [0.1, 0.15) is 0 Å². The molecule has 0 unspecified atom stereocenters. The number of carbonyl (C=O) groups is 1. The van der Waals surface area contributed by atoms with Crippen molar-refractivity contribution < 1.29 is 14.3 Å². The highest BCUT2D eigenvalue weighted by Crippen LogP contribution is 2.23. The summed E-state index contributed by atoms with van der Waals surface area (Å²) >= 11 is 0. The Kier molecular flexibility index (Phi) is 4.21. The average Bonchev–Trinajstić information content (AvgIpc) is 2.53. The minimum absolute atomic E-state index is 0.204. The van der Waals surface area contributed by atoms with Gasteiger partial charge in [-0.25, -0.2) is 4.79 Å². The van der Waals surface area contributed by atoms with Crippen LogP contribution in [-0.4, -0.2) is 32.3 Å². The topological polar surface area (TPSA) is 47.6 Å². The highest BCUT2D eigenvalue weighted by atomic mass is 16.5. The molecule has 1 N–H and O–H groups in total. The van der Waals surface area contributed by atoms with E-state index in [2.05, 4.69) is 5.32 Å². The summed E-state index contributed by atoms with van der Waals surface area (Å²) in [6.45, 7) is 3.09. The van der Waals surface area contributed by atoms with Crippen LogP contribution in [0.15, 0.2) is 18.2 Å². The van der Waals surface area contributed by atoms with Crippen molar-refractivity contribution >= 4 is 11.7 Å². The minimum atomic E-state index is -0.204. The molecule has 108 valence electrons. The average molecular weight is 275 g/mol. The van der Waals surface area contributed by atoms with Crippen molar-refractivity contribution in [2.45, 2.75) is 25.7 Å². The molecule has 2 heterocycles. The van der Waals surface area contributed by atoms with Crippen LogP contribution in [0.1, 0.15) is 35.2 Å². The smallest absolute Gasteiger partial charge is 0.338 e. The quantitative estimate of drug-likeness (QED) is 0.861. The molecule has 0 aliphatic carbocycles. The molecular formula is C16H21NO3. The highest BCUT2D eigenvalue weighted by molar-refractivity contribution is 5.90. The first-order valence-electron chi connectivity index (χ1n) is 7.44. The van der Waals surface area contributed by atoms with Crippen molar-refractivity contribution in [1.82, 2.24) is 0 Å². The SMILES string of the molecule is O=C(OCC1CCOCC1)c1ccc2c(c1)CCCN2. The second-order valence-electron chi connectivity index (χ2n) is 5.56. The first-order chi connectivity index (χ1) is 9.83. The second kappa shape index (κ2) is 6.27. The van der Waals surface area contributed by atoms with Gasteiger partial charge < -0.3 is 14.8 Å². The minimum Gasteiger partial charge on any atom is -0.462 e. The van der Waals surface area contributed by atoms with E-state index in [9.17, 15) is 4.79 Å². The molecule has 2 aliphatic rings. The summed E-state index contributed by atoms with van der Waals surface area (Å²) in [4.78, 5) is 12.1. The van der Waals surface area contributed by atoms with E-state index in [1.54, 1.807) is 0 Å². The van der Waals surface area contributed by atoms with Crippen LogP contribution in [0, 0.1) is 5.92 Å². The fourth-order valence-electron chi connectivity index (χ4n) is 2.79. The zero-order valence-electron chi connectivity index (χ0n) is 11.7. The summed E-state index contributed by atoms with van der Waals surface area (Å²) in [5.74, 6) is 0.247. The summed E-state index contributed by atoms with van der Waals surface area (Å²) in [5, 5.41) is 3.35. The van der Waals surface area contributed by atoms with Crippen molar-refractivity contribution in [3.8, 4) is 0 Å². The Hall–Kier alpha value is -1.55. The molecule has 0 saturated carbocycles. The van der Waals surface area contributed by atoms with Crippen LogP contribution >= 0.6 is 0 Å². The Balaban J connectivity index is 1.59. The largest absolute Gasteiger partial charge is 0.462 e. The number of benzene rings is 1. The molecule has 2 aliphatic heterocycles. The molecule has 3 rings (SSSR count). The predicted molar refractivity (Wildman–Crippen MR) is 77.1 cm³/mol. The number of ether oxygens (including phenoxy) is 2. The van der Waals surface area contributed by atoms with Crippen LogP contribution in [0.25, 0.3) is 0 Å². The van der Waals surface area contributed by atoms with Crippen molar-refractivity contribution in [1.29, 1.82) is 0 Å². The van der Waals surface area contributed by atoms with Gasteiger partial charge in [-0.3, -0.25) is 0 Å². The van der Waals surface area contributed by atoms with Gasteiger partial charge in [0, 0.05) is 25.4 Å². The van der Waals surface area contributed by atoms with Crippen molar-refractivity contribution in [3.63, 3.8) is 0 Å². The fraction of sp³-hybridized carbons (Fsp3) is 0.562. The third kappa shape index (κ3) is 3.12. The van der Waals surface area contributed by atoms with Gasteiger partial charge in [0.05, 0.1) is 12.2 Å². The third-order valence-electron chi connectivity index (χ3n) is 4.07. The lowest BCUT2D eigenvalue weighted by molar-refractivity contribution is 0.0185. The number of aryl methyl sites for hydroxylation is 1. The molecule has 0 spiro atoms. The maximum atomic E-state index is 12.1. The number of hydrogen-bond donors (Lipinski definition) is 1. The number of nitrogens with one attached hydrogen (secondary N) is 1. The molecule has 0 amide bonds.